The molecule has 1 atom stereocenters. The fourth-order valence-electron chi connectivity index (χ4n) is 1.07. The Kier molecular flexibility index (Phi) is 2.78. The standard InChI is InChI=1S/C9H12O3/c1-12-7-8(10)9(11)5-3-2-4-6-9/h2-5,11H,6-7H2,1H3/t9-/m1/s1. The molecule has 0 radical (unpaired) electrons. The van der Waals surface area contributed by atoms with Gasteiger partial charge in [-0.3, -0.25) is 4.79 Å². The molecule has 1 aliphatic rings. The smallest absolute Gasteiger partial charge is 0.194 e. The third-order valence-corrected chi connectivity index (χ3v) is 1.81. The number of methoxy groups -OCH3 is 1. The normalized spacial score (nSPS) is 27.5. The van der Waals surface area contributed by atoms with Gasteiger partial charge in [0.1, 0.15) is 12.2 Å². The highest BCUT2D eigenvalue weighted by molar-refractivity contribution is 5.90. The van der Waals surface area contributed by atoms with Gasteiger partial charge in [0.05, 0.1) is 0 Å². The van der Waals surface area contributed by atoms with Crippen LogP contribution in [-0.4, -0.2) is 30.2 Å². The van der Waals surface area contributed by atoms with Gasteiger partial charge in [0.2, 0.25) is 0 Å². The van der Waals surface area contributed by atoms with Gasteiger partial charge in [-0.25, -0.2) is 0 Å². The first-order chi connectivity index (χ1) is 5.69. The van der Waals surface area contributed by atoms with E-state index in [9.17, 15) is 9.90 Å². The van der Waals surface area contributed by atoms with E-state index in [1.165, 1.54) is 13.2 Å². The van der Waals surface area contributed by atoms with Crippen LogP contribution in [-0.2, 0) is 9.53 Å². The van der Waals surface area contributed by atoms with Gasteiger partial charge in [0, 0.05) is 13.5 Å². The van der Waals surface area contributed by atoms with Crippen LogP contribution < -0.4 is 0 Å². The third-order valence-electron chi connectivity index (χ3n) is 1.81. The highest BCUT2D eigenvalue weighted by Crippen LogP contribution is 2.18. The van der Waals surface area contributed by atoms with E-state index in [0.29, 0.717) is 6.42 Å². The predicted molar refractivity (Wildman–Crippen MR) is 44.7 cm³/mol. The van der Waals surface area contributed by atoms with Gasteiger partial charge in [-0.1, -0.05) is 18.2 Å². The van der Waals surface area contributed by atoms with E-state index < -0.39 is 5.60 Å². The lowest BCUT2D eigenvalue weighted by molar-refractivity contribution is -0.136. The van der Waals surface area contributed by atoms with Gasteiger partial charge in [-0.05, 0) is 6.08 Å². The first-order valence-corrected chi connectivity index (χ1v) is 3.78. The summed E-state index contributed by atoms with van der Waals surface area (Å²) in [6, 6.07) is 0. The van der Waals surface area contributed by atoms with Gasteiger partial charge in [-0.15, -0.1) is 0 Å². The van der Waals surface area contributed by atoms with Crippen molar-refractivity contribution in [1.29, 1.82) is 0 Å². The molecule has 0 fully saturated rings. The molecule has 0 aromatic carbocycles. The highest BCUT2D eigenvalue weighted by atomic mass is 16.5. The Morgan fingerprint density at radius 1 is 1.67 bits per heavy atom. The fourth-order valence-corrected chi connectivity index (χ4v) is 1.07. The van der Waals surface area contributed by atoms with Crippen LogP contribution in [0.25, 0.3) is 0 Å². The molecule has 0 amide bonds. The highest BCUT2D eigenvalue weighted by Gasteiger charge is 2.31. The van der Waals surface area contributed by atoms with E-state index in [4.69, 9.17) is 0 Å². The van der Waals surface area contributed by atoms with Crippen molar-refractivity contribution in [3.63, 3.8) is 0 Å². The summed E-state index contributed by atoms with van der Waals surface area (Å²) in [5, 5.41) is 9.70. The lowest BCUT2D eigenvalue weighted by Crippen LogP contribution is -2.39. The second-order valence-corrected chi connectivity index (χ2v) is 2.77. The van der Waals surface area contributed by atoms with Crippen LogP contribution in [0.1, 0.15) is 6.42 Å². The van der Waals surface area contributed by atoms with Crippen molar-refractivity contribution < 1.29 is 14.6 Å². The van der Waals surface area contributed by atoms with Gasteiger partial charge in [0.25, 0.3) is 0 Å². The molecule has 66 valence electrons. The average molecular weight is 168 g/mol. The maximum absolute atomic E-state index is 11.3. The van der Waals surface area contributed by atoms with Crippen LogP contribution in [0.4, 0.5) is 0 Å². The first-order valence-electron chi connectivity index (χ1n) is 3.78. The topological polar surface area (TPSA) is 46.5 Å². The number of Topliss-reactive ketones (excluding diaryl/α,β-unsaturated/α-hetero) is 1. The Balaban J connectivity index is 2.65. The molecule has 3 heteroatoms. The summed E-state index contributed by atoms with van der Waals surface area (Å²) in [5.41, 5.74) is -1.34. The summed E-state index contributed by atoms with van der Waals surface area (Å²) in [6.45, 7) is -0.0469. The van der Waals surface area contributed by atoms with Crippen LogP contribution in [0, 0.1) is 0 Å². The van der Waals surface area contributed by atoms with Crippen molar-refractivity contribution in [3.05, 3.63) is 24.3 Å². The summed E-state index contributed by atoms with van der Waals surface area (Å²) in [7, 11) is 1.43. The molecular weight excluding hydrogens is 156 g/mol. The zero-order chi connectivity index (χ0) is 9.03. The maximum atomic E-state index is 11.3. The molecular formula is C9H12O3. The lowest BCUT2D eigenvalue weighted by Gasteiger charge is -2.22. The van der Waals surface area contributed by atoms with Gasteiger partial charge in [0.15, 0.2) is 5.78 Å². The SMILES string of the molecule is COCC(=O)[C@@]1(O)C=CC=CC1. The van der Waals surface area contributed by atoms with E-state index in [2.05, 4.69) is 4.74 Å². The average Bonchev–Trinajstić information content (AvgIpc) is 2.06. The van der Waals surface area contributed by atoms with E-state index in [1.54, 1.807) is 18.2 Å². The molecule has 0 aliphatic heterocycles. The number of carbonyl (C=O) groups excluding carboxylic acids is 1. The molecule has 0 bridgehead atoms. The molecule has 3 nitrogen and oxygen atoms in total. The molecule has 1 N–H and O–H groups in total. The lowest BCUT2D eigenvalue weighted by atomic mass is 9.91. The Bertz CT molecular complexity index is 230. The summed E-state index contributed by atoms with van der Waals surface area (Å²) >= 11 is 0. The molecule has 12 heavy (non-hydrogen) atoms. The van der Waals surface area contributed by atoms with Crippen LogP contribution >= 0.6 is 0 Å². The van der Waals surface area contributed by atoms with E-state index in [1.807, 2.05) is 0 Å². The van der Waals surface area contributed by atoms with Crippen molar-refractivity contribution in [3.8, 4) is 0 Å². The van der Waals surface area contributed by atoms with Crippen LogP contribution in [0.5, 0.6) is 0 Å². The molecule has 1 rings (SSSR count). The minimum atomic E-state index is -1.34. The Morgan fingerprint density at radius 3 is 2.92 bits per heavy atom. The van der Waals surface area contributed by atoms with Crippen molar-refractivity contribution in [2.45, 2.75) is 12.0 Å². The van der Waals surface area contributed by atoms with Crippen molar-refractivity contribution in [2.75, 3.05) is 13.7 Å². The number of aliphatic hydroxyl groups is 1. The van der Waals surface area contributed by atoms with Gasteiger partial charge < -0.3 is 9.84 Å². The van der Waals surface area contributed by atoms with Crippen molar-refractivity contribution in [1.82, 2.24) is 0 Å². The van der Waals surface area contributed by atoms with E-state index >= 15 is 0 Å². The molecule has 0 unspecified atom stereocenters. The second kappa shape index (κ2) is 3.65. The number of hydrogen-bond acceptors (Lipinski definition) is 3. The zero-order valence-corrected chi connectivity index (χ0v) is 6.99. The molecule has 1 aliphatic carbocycles. The first kappa shape index (κ1) is 9.16. The number of ketones is 1. The molecule has 0 saturated heterocycles. The molecule has 0 heterocycles. The van der Waals surface area contributed by atoms with Crippen molar-refractivity contribution in [2.24, 2.45) is 0 Å². The maximum Gasteiger partial charge on any atom is 0.194 e. The second-order valence-electron chi connectivity index (χ2n) is 2.77. The zero-order valence-electron chi connectivity index (χ0n) is 6.99. The van der Waals surface area contributed by atoms with Crippen molar-refractivity contribution >= 4 is 5.78 Å². The number of rotatable bonds is 3. The van der Waals surface area contributed by atoms with Crippen LogP contribution in [0.15, 0.2) is 24.3 Å². The van der Waals surface area contributed by atoms with Crippen LogP contribution in [0.2, 0.25) is 0 Å². The molecule has 0 saturated carbocycles. The Hall–Kier alpha value is -0.930. The monoisotopic (exact) mass is 168 g/mol. The summed E-state index contributed by atoms with van der Waals surface area (Å²) in [6.07, 6.45) is 7.05. The number of allylic oxidation sites excluding steroid dienone is 2. The summed E-state index contributed by atoms with van der Waals surface area (Å²) in [4.78, 5) is 11.3. The van der Waals surface area contributed by atoms with Gasteiger partial charge >= 0.3 is 0 Å². The van der Waals surface area contributed by atoms with E-state index in [0.717, 1.165) is 0 Å². The van der Waals surface area contributed by atoms with E-state index in [-0.39, 0.29) is 12.4 Å². The number of hydrogen-bond donors (Lipinski definition) is 1. The molecule has 0 aromatic rings. The largest absolute Gasteiger partial charge is 0.377 e. The predicted octanol–water partition coefficient (Wildman–Crippen LogP) is 0.449. The minimum Gasteiger partial charge on any atom is -0.377 e. The Labute approximate surface area is 71.3 Å². The third kappa shape index (κ3) is 1.81. The Morgan fingerprint density at radius 2 is 2.42 bits per heavy atom. The van der Waals surface area contributed by atoms with Crippen LogP contribution in [0.3, 0.4) is 0 Å². The fraction of sp³-hybridized carbons (Fsp3) is 0.444. The number of ether oxygens (including phenoxy) is 1. The van der Waals surface area contributed by atoms with Gasteiger partial charge in [-0.2, -0.15) is 0 Å². The molecule has 0 aromatic heterocycles. The molecule has 0 spiro atoms. The number of carbonyl (C=O) groups is 1. The summed E-state index contributed by atoms with van der Waals surface area (Å²) in [5.74, 6) is -0.300. The minimum absolute atomic E-state index is 0.0469. The quantitative estimate of drug-likeness (QED) is 0.665. The summed E-state index contributed by atoms with van der Waals surface area (Å²) < 4.78 is 4.65.